The predicted molar refractivity (Wildman–Crippen MR) is 68.9 cm³/mol. The second kappa shape index (κ2) is 4.79. The zero-order valence-electron chi connectivity index (χ0n) is 11.8. The van der Waals surface area contributed by atoms with Crippen molar-refractivity contribution in [1.29, 1.82) is 5.41 Å². The molecule has 17 heavy (non-hydrogen) atoms. The van der Waals surface area contributed by atoms with Gasteiger partial charge < -0.3 is 4.74 Å². The smallest absolute Gasteiger partial charge is 0.316 e. The van der Waals surface area contributed by atoms with Crippen LogP contribution in [0.25, 0.3) is 0 Å². The summed E-state index contributed by atoms with van der Waals surface area (Å²) in [7, 11) is 0. The fraction of sp³-hybridized carbons (Fsp3) is 0.857. The van der Waals surface area contributed by atoms with Crippen molar-refractivity contribution in [2.24, 2.45) is 29.1 Å². The van der Waals surface area contributed by atoms with Gasteiger partial charge in [-0.15, -0.1) is 0 Å². The van der Waals surface area contributed by atoms with Crippen molar-refractivity contribution < 1.29 is 9.53 Å². The summed E-state index contributed by atoms with van der Waals surface area (Å²) in [6, 6.07) is 0. The van der Waals surface area contributed by atoms with Crippen LogP contribution in [-0.4, -0.2) is 11.9 Å². The lowest BCUT2D eigenvalue weighted by Crippen LogP contribution is -2.39. The standard InChI is InChI=1S/C14H25NO2/c1-7-8(2)10(4)14(5,6)11-9(3)12(15)17-13(11)16/h8-11,15H,7H2,1-6H3. The Kier molecular flexibility index (Phi) is 4.00. The quantitative estimate of drug-likeness (QED) is 0.763. The second-order valence-electron chi connectivity index (χ2n) is 6.05. The van der Waals surface area contributed by atoms with Gasteiger partial charge in [-0.25, -0.2) is 0 Å². The van der Waals surface area contributed by atoms with Crippen molar-refractivity contribution in [2.45, 2.75) is 48.0 Å². The Balaban J connectivity index is 2.97. The van der Waals surface area contributed by atoms with E-state index in [0.717, 1.165) is 6.42 Å². The van der Waals surface area contributed by atoms with Gasteiger partial charge in [0, 0.05) is 5.92 Å². The van der Waals surface area contributed by atoms with E-state index in [1.54, 1.807) is 0 Å². The maximum Gasteiger partial charge on any atom is 0.316 e. The van der Waals surface area contributed by atoms with E-state index in [1.165, 1.54) is 0 Å². The minimum Gasteiger partial charge on any atom is -0.412 e. The summed E-state index contributed by atoms with van der Waals surface area (Å²) in [5, 5.41) is 7.65. The molecule has 0 amide bonds. The Hall–Kier alpha value is -0.860. The van der Waals surface area contributed by atoms with E-state index >= 15 is 0 Å². The molecule has 3 heteroatoms. The lowest BCUT2D eigenvalue weighted by atomic mass is 9.62. The van der Waals surface area contributed by atoms with Crippen LogP contribution in [0.3, 0.4) is 0 Å². The highest BCUT2D eigenvalue weighted by Crippen LogP contribution is 2.46. The first kappa shape index (κ1) is 14.2. The summed E-state index contributed by atoms with van der Waals surface area (Å²) >= 11 is 0. The van der Waals surface area contributed by atoms with Gasteiger partial charge in [-0.05, 0) is 17.3 Å². The first-order valence-corrected chi connectivity index (χ1v) is 6.53. The third kappa shape index (κ3) is 2.38. The number of carbonyl (C=O) groups is 1. The SMILES string of the molecule is CCC(C)C(C)C(C)(C)C1C(=O)OC(=N)C1C. The van der Waals surface area contributed by atoms with E-state index in [0.29, 0.717) is 11.8 Å². The van der Waals surface area contributed by atoms with Crippen LogP contribution in [0.4, 0.5) is 0 Å². The summed E-state index contributed by atoms with van der Waals surface area (Å²) in [5.41, 5.74) is -0.130. The molecule has 0 spiro atoms. The third-order valence-electron chi connectivity index (χ3n) is 4.85. The molecule has 0 aromatic heterocycles. The predicted octanol–water partition coefficient (Wildman–Crippen LogP) is 3.48. The van der Waals surface area contributed by atoms with Gasteiger partial charge in [-0.1, -0.05) is 48.0 Å². The van der Waals surface area contributed by atoms with Gasteiger partial charge in [-0.3, -0.25) is 10.2 Å². The summed E-state index contributed by atoms with van der Waals surface area (Å²) in [6.07, 6.45) is 1.11. The molecule has 1 saturated heterocycles. The maximum absolute atomic E-state index is 11.9. The van der Waals surface area contributed by atoms with Crippen molar-refractivity contribution in [3.8, 4) is 0 Å². The number of hydrogen-bond donors (Lipinski definition) is 1. The number of carbonyl (C=O) groups excluding carboxylic acids is 1. The minimum absolute atomic E-state index is 0.0935. The molecule has 4 unspecified atom stereocenters. The molecule has 1 fully saturated rings. The zero-order chi connectivity index (χ0) is 13.4. The highest BCUT2D eigenvalue weighted by molar-refractivity contribution is 5.98. The lowest BCUT2D eigenvalue weighted by molar-refractivity contribution is -0.142. The molecule has 4 atom stereocenters. The molecule has 0 aromatic carbocycles. The molecule has 1 aliphatic heterocycles. The van der Waals surface area contributed by atoms with E-state index in [-0.39, 0.29) is 29.1 Å². The van der Waals surface area contributed by atoms with E-state index in [9.17, 15) is 4.79 Å². The van der Waals surface area contributed by atoms with Crippen molar-refractivity contribution in [3.05, 3.63) is 0 Å². The summed E-state index contributed by atoms with van der Waals surface area (Å²) in [5.74, 6) is 0.633. The number of cyclic esters (lactones) is 1. The molecule has 1 aliphatic rings. The Bertz CT molecular complexity index is 322. The van der Waals surface area contributed by atoms with E-state index < -0.39 is 0 Å². The molecule has 0 bridgehead atoms. The molecule has 1 heterocycles. The van der Waals surface area contributed by atoms with Crippen LogP contribution in [0, 0.1) is 34.5 Å². The Morgan fingerprint density at radius 3 is 2.29 bits per heavy atom. The van der Waals surface area contributed by atoms with Gasteiger partial charge in [0.25, 0.3) is 0 Å². The molecule has 0 aromatic rings. The number of nitrogens with one attached hydrogen (secondary N) is 1. The number of hydrogen-bond acceptors (Lipinski definition) is 3. The van der Waals surface area contributed by atoms with Gasteiger partial charge in [0.2, 0.25) is 0 Å². The zero-order valence-corrected chi connectivity index (χ0v) is 11.8. The Morgan fingerprint density at radius 2 is 1.94 bits per heavy atom. The molecular formula is C14H25NO2. The molecule has 1 N–H and O–H groups in total. The van der Waals surface area contributed by atoms with Gasteiger partial charge in [0.1, 0.15) is 0 Å². The molecule has 0 aliphatic carbocycles. The Labute approximate surface area is 104 Å². The van der Waals surface area contributed by atoms with Crippen LogP contribution in [0.5, 0.6) is 0 Å². The van der Waals surface area contributed by atoms with Crippen molar-refractivity contribution in [3.63, 3.8) is 0 Å². The minimum atomic E-state index is -0.220. The van der Waals surface area contributed by atoms with Crippen molar-refractivity contribution in [2.75, 3.05) is 0 Å². The fourth-order valence-corrected chi connectivity index (χ4v) is 2.94. The molecule has 3 nitrogen and oxygen atoms in total. The van der Waals surface area contributed by atoms with Crippen LogP contribution in [0.1, 0.15) is 48.0 Å². The van der Waals surface area contributed by atoms with E-state index in [2.05, 4.69) is 34.6 Å². The van der Waals surface area contributed by atoms with Crippen molar-refractivity contribution in [1.82, 2.24) is 0 Å². The van der Waals surface area contributed by atoms with Crippen LogP contribution in [-0.2, 0) is 9.53 Å². The van der Waals surface area contributed by atoms with Gasteiger partial charge >= 0.3 is 5.97 Å². The van der Waals surface area contributed by atoms with Crippen LogP contribution < -0.4 is 0 Å². The first-order chi connectivity index (χ1) is 7.73. The summed E-state index contributed by atoms with van der Waals surface area (Å²) < 4.78 is 4.98. The maximum atomic E-state index is 11.9. The monoisotopic (exact) mass is 239 g/mol. The number of rotatable bonds is 4. The molecule has 1 rings (SSSR count). The van der Waals surface area contributed by atoms with Crippen molar-refractivity contribution >= 4 is 11.9 Å². The van der Waals surface area contributed by atoms with Crippen LogP contribution >= 0.6 is 0 Å². The van der Waals surface area contributed by atoms with E-state index in [4.69, 9.17) is 10.1 Å². The molecule has 0 saturated carbocycles. The largest absolute Gasteiger partial charge is 0.412 e. The average molecular weight is 239 g/mol. The normalized spacial score (nSPS) is 29.1. The number of ether oxygens (including phenoxy) is 1. The fourth-order valence-electron chi connectivity index (χ4n) is 2.94. The summed E-state index contributed by atoms with van der Waals surface area (Å²) in [6.45, 7) is 12.8. The molecule has 98 valence electrons. The van der Waals surface area contributed by atoms with Gasteiger partial charge in [0.15, 0.2) is 5.90 Å². The second-order valence-corrected chi connectivity index (χ2v) is 6.05. The molecule has 0 radical (unpaired) electrons. The van der Waals surface area contributed by atoms with Crippen LogP contribution in [0.2, 0.25) is 0 Å². The topological polar surface area (TPSA) is 50.2 Å². The van der Waals surface area contributed by atoms with Gasteiger partial charge in [-0.2, -0.15) is 0 Å². The van der Waals surface area contributed by atoms with E-state index in [1.807, 2.05) is 6.92 Å². The number of esters is 1. The lowest BCUT2D eigenvalue weighted by Gasteiger charge is -2.40. The third-order valence-corrected chi connectivity index (χ3v) is 4.85. The first-order valence-electron chi connectivity index (χ1n) is 6.53. The highest BCUT2D eigenvalue weighted by Gasteiger charge is 2.50. The Morgan fingerprint density at radius 1 is 1.41 bits per heavy atom. The summed E-state index contributed by atoms with van der Waals surface area (Å²) in [4.78, 5) is 11.9. The molecular weight excluding hydrogens is 214 g/mol. The average Bonchev–Trinajstić information content (AvgIpc) is 2.51. The van der Waals surface area contributed by atoms with Crippen LogP contribution in [0.15, 0.2) is 0 Å². The van der Waals surface area contributed by atoms with Gasteiger partial charge in [0.05, 0.1) is 5.92 Å². The highest BCUT2D eigenvalue weighted by atomic mass is 16.5.